The number of hydrogen-bond acceptors (Lipinski definition) is 5. The van der Waals surface area contributed by atoms with E-state index in [-0.39, 0.29) is 0 Å². The molecule has 1 aromatic rings. The molecule has 0 aliphatic carbocycles. The maximum absolute atomic E-state index is 4.04. The number of nitrogens with one attached hydrogen (secondary N) is 1. The maximum Gasteiger partial charge on any atom is 0.202 e. The van der Waals surface area contributed by atoms with Crippen molar-refractivity contribution in [2.45, 2.75) is 6.04 Å². The number of likely N-dealkylation sites (N-methyl/N-ethyl adjacent to an activating group) is 1. The van der Waals surface area contributed by atoms with Gasteiger partial charge in [-0.05, 0) is 7.05 Å². The van der Waals surface area contributed by atoms with Gasteiger partial charge in [-0.25, -0.2) is 4.98 Å². The van der Waals surface area contributed by atoms with Crippen LogP contribution in [0.5, 0.6) is 0 Å². The van der Waals surface area contributed by atoms with Crippen LogP contribution in [0.25, 0.3) is 0 Å². The van der Waals surface area contributed by atoms with Crippen LogP contribution in [0.3, 0.4) is 0 Å². The Morgan fingerprint density at radius 2 is 2.55 bits per heavy atom. The van der Waals surface area contributed by atoms with Crippen molar-refractivity contribution in [1.82, 2.24) is 14.3 Å². The Morgan fingerprint density at radius 1 is 1.73 bits per heavy atom. The Labute approximate surface area is 69.4 Å². The van der Waals surface area contributed by atoms with Gasteiger partial charge in [0.05, 0.1) is 6.04 Å². The maximum atomic E-state index is 4.04. The van der Waals surface area contributed by atoms with Gasteiger partial charge < -0.3 is 10.2 Å². The van der Waals surface area contributed by atoms with Gasteiger partial charge in [0.25, 0.3) is 0 Å². The third kappa shape index (κ3) is 1.49. The van der Waals surface area contributed by atoms with E-state index in [9.17, 15) is 0 Å². The summed E-state index contributed by atoms with van der Waals surface area (Å²) in [6.45, 7) is 2.22. The molecule has 0 spiro atoms. The fourth-order valence-corrected chi connectivity index (χ4v) is 1.71. The van der Waals surface area contributed by atoms with Crippen LogP contribution in [0.1, 0.15) is 0 Å². The van der Waals surface area contributed by atoms with E-state index in [4.69, 9.17) is 0 Å². The van der Waals surface area contributed by atoms with Crippen molar-refractivity contribution in [1.29, 1.82) is 0 Å². The van der Waals surface area contributed by atoms with Crippen LogP contribution in [0.15, 0.2) is 6.33 Å². The molecule has 1 aliphatic rings. The summed E-state index contributed by atoms with van der Waals surface area (Å²) in [6.07, 6.45) is 1.58. The van der Waals surface area contributed by atoms with E-state index >= 15 is 0 Å². The molecule has 11 heavy (non-hydrogen) atoms. The molecule has 1 aromatic heterocycles. The predicted molar refractivity (Wildman–Crippen MR) is 44.8 cm³/mol. The smallest absolute Gasteiger partial charge is 0.202 e. The quantitative estimate of drug-likeness (QED) is 0.691. The first-order valence-corrected chi connectivity index (χ1v) is 4.33. The van der Waals surface area contributed by atoms with Gasteiger partial charge in [-0.15, -0.1) is 0 Å². The molecule has 2 rings (SSSR count). The second kappa shape index (κ2) is 2.75. The van der Waals surface area contributed by atoms with Gasteiger partial charge in [0, 0.05) is 24.6 Å². The topological polar surface area (TPSA) is 41.0 Å². The molecule has 0 radical (unpaired) electrons. The normalized spacial score (nSPS) is 19.7. The van der Waals surface area contributed by atoms with E-state index in [0.717, 1.165) is 18.2 Å². The van der Waals surface area contributed by atoms with Crippen LogP contribution in [0, 0.1) is 0 Å². The highest BCUT2D eigenvalue weighted by Crippen LogP contribution is 2.13. The molecule has 0 bridgehead atoms. The van der Waals surface area contributed by atoms with Crippen molar-refractivity contribution in [2.75, 3.05) is 25.5 Å². The van der Waals surface area contributed by atoms with Crippen LogP contribution in [0.2, 0.25) is 0 Å². The fraction of sp³-hybridized carbons (Fsp3) is 0.667. The highest BCUT2D eigenvalue weighted by Gasteiger charge is 2.23. The minimum absolute atomic E-state index is 0.577. The zero-order valence-electron chi connectivity index (χ0n) is 6.32. The van der Waals surface area contributed by atoms with Crippen LogP contribution in [-0.4, -0.2) is 40.4 Å². The van der Waals surface area contributed by atoms with Gasteiger partial charge in [0.15, 0.2) is 0 Å². The second-order valence-corrected chi connectivity index (χ2v) is 3.59. The van der Waals surface area contributed by atoms with Gasteiger partial charge in [-0.2, -0.15) is 4.37 Å². The summed E-state index contributed by atoms with van der Waals surface area (Å²) in [4.78, 5) is 6.30. The highest BCUT2D eigenvalue weighted by molar-refractivity contribution is 7.09. The molecular formula is C6H10N4S. The van der Waals surface area contributed by atoms with Crippen LogP contribution >= 0.6 is 11.5 Å². The third-order valence-electron chi connectivity index (χ3n) is 1.75. The van der Waals surface area contributed by atoms with Crippen molar-refractivity contribution < 1.29 is 0 Å². The Kier molecular flexibility index (Phi) is 1.75. The lowest BCUT2D eigenvalue weighted by molar-refractivity contribution is 0.205. The predicted octanol–water partition coefficient (Wildman–Crippen LogP) is 0.264. The van der Waals surface area contributed by atoms with E-state index in [2.05, 4.69) is 26.6 Å². The average Bonchev–Trinajstić information content (AvgIpc) is 2.36. The number of likely N-dealkylation sites (tertiary alicyclic amines) is 1. The molecule has 1 aliphatic heterocycles. The molecule has 1 fully saturated rings. The summed E-state index contributed by atoms with van der Waals surface area (Å²) in [7, 11) is 2.11. The largest absolute Gasteiger partial charge is 0.355 e. The summed E-state index contributed by atoms with van der Waals surface area (Å²) in [5, 5.41) is 4.23. The Hall–Kier alpha value is -0.680. The molecule has 2 heterocycles. The molecule has 4 nitrogen and oxygen atoms in total. The Balaban J connectivity index is 1.84. The van der Waals surface area contributed by atoms with E-state index in [1.54, 1.807) is 6.33 Å². The first-order valence-electron chi connectivity index (χ1n) is 3.56. The van der Waals surface area contributed by atoms with Gasteiger partial charge in [-0.1, -0.05) is 0 Å². The molecule has 60 valence electrons. The standard InChI is InChI=1S/C6H10N4S/c1-10-2-5(3-10)9-6-7-4-8-11-6/h4-5H,2-3H2,1H3,(H,7,8,9). The lowest BCUT2D eigenvalue weighted by atomic mass is 10.1. The van der Waals surface area contributed by atoms with Crippen LogP contribution in [0.4, 0.5) is 5.13 Å². The van der Waals surface area contributed by atoms with Gasteiger partial charge in [-0.3, -0.25) is 0 Å². The fourth-order valence-electron chi connectivity index (χ4n) is 1.20. The van der Waals surface area contributed by atoms with Gasteiger partial charge >= 0.3 is 0 Å². The SMILES string of the molecule is CN1CC(Nc2ncns2)C1. The summed E-state index contributed by atoms with van der Waals surface area (Å²) in [6, 6.07) is 0.577. The summed E-state index contributed by atoms with van der Waals surface area (Å²) in [5.74, 6) is 0. The molecule has 0 unspecified atom stereocenters. The third-order valence-corrected chi connectivity index (χ3v) is 2.35. The van der Waals surface area contributed by atoms with Crippen molar-refractivity contribution in [2.24, 2.45) is 0 Å². The molecule has 0 atom stereocenters. The van der Waals surface area contributed by atoms with E-state index < -0.39 is 0 Å². The monoisotopic (exact) mass is 170 g/mol. The molecule has 0 amide bonds. The van der Waals surface area contributed by atoms with E-state index in [1.165, 1.54) is 11.5 Å². The minimum atomic E-state index is 0.577. The zero-order valence-corrected chi connectivity index (χ0v) is 7.14. The van der Waals surface area contributed by atoms with Crippen molar-refractivity contribution in [3.8, 4) is 0 Å². The lowest BCUT2D eigenvalue weighted by Crippen LogP contribution is -2.52. The van der Waals surface area contributed by atoms with E-state index in [1.807, 2.05) is 0 Å². The molecule has 1 saturated heterocycles. The van der Waals surface area contributed by atoms with Gasteiger partial charge in [0.2, 0.25) is 5.13 Å². The second-order valence-electron chi connectivity index (χ2n) is 2.81. The molecule has 0 saturated carbocycles. The van der Waals surface area contributed by atoms with Crippen molar-refractivity contribution in [3.05, 3.63) is 6.33 Å². The first-order chi connectivity index (χ1) is 5.34. The molecule has 5 heteroatoms. The average molecular weight is 170 g/mol. The van der Waals surface area contributed by atoms with Crippen molar-refractivity contribution in [3.63, 3.8) is 0 Å². The Morgan fingerprint density at radius 3 is 3.09 bits per heavy atom. The van der Waals surface area contributed by atoms with Crippen molar-refractivity contribution >= 4 is 16.7 Å². The summed E-state index contributed by atoms with van der Waals surface area (Å²) in [5.41, 5.74) is 0. The van der Waals surface area contributed by atoms with Crippen LogP contribution < -0.4 is 5.32 Å². The zero-order chi connectivity index (χ0) is 7.68. The molecule has 0 aromatic carbocycles. The van der Waals surface area contributed by atoms with Gasteiger partial charge in [0.1, 0.15) is 6.33 Å². The number of rotatable bonds is 2. The number of anilines is 1. The number of nitrogens with zero attached hydrogens (tertiary/aromatic N) is 3. The molecular weight excluding hydrogens is 160 g/mol. The first kappa shape index (κ1) is 7.00. The van der Waals surface area contributed by atoms with E-state index in [0.29, 0.717) is 6.04 Å². The van der Waals surface area contributed by atoms with Crippen LogP contribution in [-0.2, 0) is 0 Å². The summed E-state index contributed by atoms with van der Waals surface area (Å²) < 4.78 is 3.91. The summed E-state index contributed by atoms with van der Waals surface area (Å²) >= 11 is 1.41. The Bertz CT molecular complexity index is 216. The number of hydrogen-bond donors (Lipinski definition) is 1. The minimum Gasteiger partial charge on any atom is -0.355 e. The lowest BCUT2D eigenvalue weighted by Gasteiger charge is -2.36. The highest BCUT2D eigenvalue weighted by atomic mass is 32.1. The molecule has 1 N–H and O–H groups in total. The number of aromatic nitrogens is 2.